The van der Waals surface area contributed by atoms with Gasteiger partial charge in [-0.15, -0.1) is 10.2 Å². The lowest BCUT2D eigenvalue weighted by molar-refractivity contribution is -0.132. The summed E-state index contributed by atoms with van der Waals surface area (Å²) in [5, 5.41) is 20.8. The number of hydrogen-bond acceptors (Lipinski definition) is 8. The molecule has 6 rings (SSSR count). The van der Waals surface area contributed by atoms with Crippen molar-refractivity contribution < 1.29 is 19.4 Å². The van der Waals surface area contributed by atoms with Crippen LogP contribution in [0.2, 0.25) is 5.02 Å². The van der Waals surface area contributed by atoms with Crippen molar-refractivity contribution in [3.8, 4) is 5.75 Å². The minimum absolute atomic E-state index is 0.0307. The number of ketones is 1. The molecule has 4 aromatic carbocycles. The molecule has 1 fully saturated rings. The van der Waals surface area contributed by atoms with Crippen LogP contribution >= 0.6 is 34.7 Å². The third-order valence-electron chi connectivity index (χ3n) is 6.82. The molecular weight excluding hydrogens is 602 g/mol. The Morgan fingerprint density at radius 3 is 2.40 bits per heavy atom. The molecule has 214 valence electrons. The summed E-state index contributed by atoms with van der Waals surface area (Å²) >= 11 is 8.94. The Labute approximate surface area is 261 Å². The van der Waals surface area contributed by atoms with Crippen molar-refractivity contribution in [3.63, 3.8) is 0 Å². The summed E-state index contributed by atoms with van der Waals surface area (Å²) in [5.74, 6) is -0.746. The number of amides is 1. The van der Waals surface area contributed by atoms with Gasteiger partial charge in [-0.05, 0) is 34.9 Å². The Kier molecular flexibility index (Phi) is 8.55. The smallest absolute Gasteiger partial charge is 0.301 e. The topological polar surface area (TPSA) is 92.6 Å². The Balaban J connectivity index is 1.36. The fraction of sp³-hybridized carbons (Fsp3) is 0.0909. The average Bonchev–Trinajstić information content (AvgIpc) is 3.62. The first kappa shape index (κ1) is 28.7. The van der Waals surface area contributed by atoms with Gasteiger partial charge in [-0.1, -0.05) is 126 Å². The monoisotopic (exact) mass is 625 g/mol. The van der Waals surface area contributed by atoms with Gasteiger partial charge in [0.05, 0.1) is 11.6 Å². The number of carbonyl (C=O) groups excluding carboxylic acids is 2. The zero-order valence-electron chi connectivity index (χ0n) is 22.6. The van der Waals surface area contributed by atoms with Crippen LogP contribution in [0.5, 0.6) is 5.75 Å². The number of Topliss-reactive ketones (excluding diaryl/α,β-unsaturated/α-hetero) is 1. The van der Waals surface area contributed by atoms with Gasteiger partial charge in [-0.25, -0.2) is 0 Å². The summed E-state index contributed by atoms with van der Waals surface area (Å²) in [4.78, 5) is 28.4. The van der Waals surface area contributed by atoms with E-state index in [2.05, 4.69) is 10.2 Å². The van der Waals surface area contributed by atoms with Gasteiger partial charge < -0.3 is 9.84 Å². The molecule has 10 heteroatoms. The van der Waals surface area contributed by atoms with Crippen LogP contribution in [-0.4, -0.2) is 27.0 Å². The van der Waals surface area contributed by atoms with E-state index in [0.717, 1.165) is 11.1 Å². The van der Waals surface area contributed by atoms with E-state index in [9.17, 15) is 14.7 Å². The molecule has 0 aliphatic carbocycles. The van der Waals surface area contributed by atoms with Gasteiger partial charge in [0, 0.05) is 16.3 Å². The van der Waals surface area contributed by atoms with E-state index >= 15 is 0 Å². The number of nitrogens with zero attached hydrogens (tertiary/aromatic N) is 3. The van der Waals surface area contributed by atoms with Crippen LogP contribution in [0.1, 0.15) is 28.3 Å². The molecule has 1 saturated heterocycles. The van der Waals surface area contributed by atoms with Crippen molar-refractivity contribution in [2.45, 2.75) is 22.7 Å². The first-order valence-electron chi connectivity index (χ1n) is 13.3. The lowest BCUT2D eigenvalue weighted by Crippen LogP contribution is -2.29. The standard InChI is InChI=1S/C33H24ClN3O4S2/c34-26-17-8-7-14-24(26)20-42-33-36-35-32(43-33)37-28(27(30(39)31(37)40)29(38)22-12-5-2-6-13-22)23-15-9-16-25(18-23)41-19-21-10-3-1-4-11-21/h1-18,28,38H,19-20H2. The highest BCUT2D eigenvalue weighted by atomic mass is 35.5. The molecule has 0 saturated carbocycles. The van der Waals surface area contributed by atoms with Crippen molar-refractivity contribution in [2.24, 2.45) is 0 Å². The summed E-state index contributed by atoms with van der Waals surface area (Å²) in [5.41, 5.74) is 2.93. The lowest BCUT2D eigenvalue weighted by Gasteiger charge is -2.23. The van der Waals surface area contributed by atoms with Crippen LogP contribution in [0.15, 0.2) is 119 Å². The maximum Gasteiger partial charge on any atom is 0.301 e. The van der Waals surface area contributed by atoms with E-state index in [0.29, 0.717) is 38.6 Å². The lowest BCUT2D eigenvalue weighted by atomic mass is 9.95. The fourth-order valence-electron chi connectivity index (χ4n) is 4.73. The number of thioether (sulfide) groups is 1. The van der Waals surface area contributed by atoms with Crippen LogP contribution in [-0.2, 0) is 21.9 Å². The molecule has 1 aromatic heterocycles. The number of hydrogen-bond donors (Lipinski definition) is 1. The van der Waals surface area contributed by atoms with Gasteiger partial charge in [0.25, 0.3) is 5.78 Å². The average molecular weight is 626 g/mol. The summed E-state index contributed by atoms with van der Waals surface area (Å²) < 4.78 is 6.66. The van der Waals surface area contributed by atoms with E-state index in [1.54, 1.807) is 42.5 Å². The number of aromatic nitrogens is 2. The number of aliphatic hydroxyl groups excluding tert-OH is 1. The molecule has 1 aliphatic rings. The van der Waals surface area contributed by atoms with E-state index in [-0.39, 0.29) is 16.5 Å². The van der Waals surface area contributed by atoms with Crippen LogP contribution in [0.25, 0.3) is 5.76 Å². The maximum absolute atomic E-state index is 13.6. The second-order valence-corrected chi connectivity index (χ2v) is 12.2. The second-order valence-electron chi connectivity index (χ2n) is 9.61. The first-order chi connectivity index (χ1) is 21.0. The molecule has 1 atom stereocenters. The Morgan fingerprint density at radius 1 is 0.907 bits per heavy atom. The van der Waals surface area contributed by atoms with Crippen molar-refractivity contribution in [1.29, 1.82) is 0 Å². The summed E-state index contributed by atoms with van der Waals surface area (Å²) in [6.07, 6.45) is 0. The number of aliphatic hydroxyl groups is 1. The largest absolute Gasteiger partial charge is 0.507 e. The van der Waals surface area contributed by atoms with Gasteiger partial charge in [0.2, 0.25) is 5.13 Å². The molecule has 0 radical (unpaired) electrons. The molecule has 0 spiro atoms. The predicted molar refractivity (Wildman–Crippen MR) is 169 cm³/mol. The number of ether oxygens (including phenoxy) is 1. The number of carbonyl (C=O) groups is 2. The number of halogens is 1. The van der Waals surface area contributed by atoms with Crippen molar-refractivity contribution in [2.75, 3.05) is 4.90 Å². The molecule has 1 amide bonds. The number of benzene rings is 4. The summed E-state index contributed by atoms with van der Waals surface area (Å²) in [6.45, 7) is 0.344. The number of anilines is 1. The van der Waals surface area contributed by atoms with Gasteiger partial charge in [0.1, 0.15) is 18.1 Å². The molecule has 43 heavy (non-hydrogen) atoms. The molecular formula is C33H24ClN3O4S2. The van der Waals surface area contributed by atoms with E-state index in [1.165, 1.54) is 28.0 Å². The third kappa shape index (κ3) is 6.19. The molecule has 7 nitrogen and oxygen atoms in total. The van der Waals surface area contributed by atoms with Gasteiger partial charge >= 0.3 is 5.91 Å². The highest BCUT2D eigenvalue weighted by Gasteiger charge is 2.48. The van der Waals surface area contributed by atoms with Crippen molar-refractivity contribution in [1.82, 2.24) is 10.2 Å². The maximum atomic E-state index is 13.6. The van der Waals surface area contributed by atoms with Crippen molar-refractivity contribution >= 4 is 57.3 Å². The van der Waals surface area contributed by atoms with Gasteiger partial charge in [-0.2, -0.15) is 0 Å². The van der Waals surface area contributed by atoms with E-state index < -0.39 is 17.7 Å². The Morgan fingerprint density at radius 2 is 1.63 bits per heavy atom. The quantitative estimate of drug-likeness (QED) is 0.0590. The molecule has 1 unspecified atom stereocenters. The second kappa shape index (κ2) is 12.8. The highest BCUT2D eigenvalue weighted by molar-refractivity contribution is 8.00. The van der Waals surface area contributed by atoms with Gasteiger partial charge in [-0.3, -0.25) is 14.5 Å². The van der Waals surface area contributed by atoms with E-state index in [1.807, 2.05) is 66.7 Å². The van der Waals surface area contributed by atoms with Crippen LogP contribution in [0.4, 0.5) is 5.13 Å². The third-order valence-corrected chi connectivity index (χ3v) is 9.30. The molecule has 1 aliphatic heterocycles. The minimum Gasteiger partial charge on any atom is -0.507 e. The van der Waals surface area contributed by atoms with Crippen molar-refractivity contribution in [3.05, 3.63) is 142 Å². The predicted octanol–water partition coefficient (Wildman–Crippen LogP) is 7.69. The Hall–Kier alpha value is -4.44. The molecule has 1 N–H and O–H groups in total. The van der Waals surface area contributed by atoms with Crippen LogP contribution in [0, 0.1) is 0 Å². The first-order valence-corrected chi connectivity index (χ1v) is 15.5. The normalized spacial score (nSPS) is 16.0. The molecule has 2 heterocycles. The molecule has 0 bridgehead atoms. The van der Waals surface area contributed by atoms with Crippen LogP contribution < -0.4 is 9.64 Å². The fourth-order valence-corrected chi connectivity index (χ4v) is 6.88. The zero-order valence-corrected chi connectivity index (χ0v) is 25.0. The number of rotatable bonds is 9. The van der Waals surface area contributed by atoms with E-state index in [4.69, 9.17) is 16.3 Å². The van der Waals surface area contributed by atoms with Crippen LogP contribution in [0.3, 0.4) is 0 Å². The Bertz CT molecular complexity index is 1810. The summed E-state index contributed by atoms with van der Waals surface area (Å²) in [6, 6.07) is 32.2. The minimum atomic E-state index is -0.949. The molecule has 5 aromatic rings. The van der Waals surface area contributed by atoms with Gasteiger partial charge in [0.15, 0.2) is 4.34 Å². The SMILES string of the molecule is O=C1C(=O)N(c2nnc(SCc3ccccc3Cl)s2)C(c2cccc(OCc3ccccc3)c2)C1=C(O)c1ccccc1. The summed E-state index contributed by atoms with van der Waals surface area (Å²) in [7, 11) is 0. The zero-order chi connectivity index (χ0) is 29.8. The highest BCUT2D eigenvalue weighted by Crippen LogP contribution is 2.44.